The monoisotopic (exact) mass is 392 g/mol. The molecule has 3 atom stereocenters. The Morgan fingerprint density at radius 2 is 1.90 bits per heavy atom. The number of carbonyl (C=O) groups excluding carboxylic acids is 1. The molecule has 3 unspecified atom stereocenters. The number of piperidine rings is 2. The molecule has 2 saturated heterocycles. The minimum Gasteiger partial charge on any atom is -0.390 e. The van der Waals surface area contributed by atoms with Crippen molar-refractivity contribution in [2.24, 2.45) is 5.92 Å². The van der Waals surface area contributed by atoms with Gasteiger partial charge in [0, 0.05) is 41.6 Å². The van der Waals surface area contributed by atoms with Crippen molar-refractivity contribution in [3.05, 3.63) is 35.5 Å². The van der Waals surface area contributed by atoms with Gasteiger partial charge in [0.15, 0.2) is 0 Å². The fraction of sp³-hybridized carbons (Fsp3) is 0.640. The topological polar surface area (TPSA) is 45.5 Å². The highest BCUT2D eigenvalue weighted by Gasteiger charge is 2.54. The molecular formula is C25H32N2O2. The van der Waals surface area contributed by atoms with Crippen LogP contribution in [0.25, 0.3) is 10.9 Å². The summed E-state index contributed by atoms with van der Waals surface area (Å²) in [5.74, 6) is 1.14. The van der Waals surface area contributed by atoms with E-state index in [9.17, 15) is 9.90 Å². The van der Waals surface area contributed by atoms with E-state index < -0.39 is 5.60 Å². The third kappa shape index (κ3) is 2.78. The van der Waals surface area contributed by atoms with Crippen molar-refractivity contribution in [3.8, 4) is 0 Å². The summed E-state index contributed by atoms with van der Waals surface area (Å²) < 4.78 is 2.46. The van der Waals surface area contributed by atoms with Crippen LogP contribution >= 0.6 is 0 Å². The van der Waals surface area contributed by atoms with Gasteiger partial charge in [0.2, 0.25) is 5.91 Å². The molecule has 4 nitrogen and oxygen atoms in total. The summed E-state index contributed by atoms with van der Waals surface area (Å²) >= 11 is 0. The molecule has 7 rings (SSSR count). The van der Waals surface area contributed by atoms with Gasteiger partial charge < -0.3 is 14.6 Å². The van der Waals surface area contributed by atoms with Crippen LogP contribution in [0.4, 0.5) is 0 Å². The summed E-state index contributed by atoms with van der Waals surface area (Å²) in [6.07, 6.45) is 10.2. The van der Waals surface area contributed by atoms with Crippen molar-refractivity contribution in [1.82, 2.24) is 9.47 Å². The van der Waals surface area contributed by atoms with Gasteiger partial charge in [0.1, 0.15) is 0 Å². The van der Waals surface area contributed by atoms with Gasteiger partial charge in [0.25, 0.3) is 0 Å². The summed E-state index contributed by atoms with van der Waals surface area (Å²) in [4.78, 5) is 15.6. The molecule has 29 heavy (non-hydrogen) atoms. The lowest BCUT2D eigenvalue weighted by Gasteiger charge is -2.59. The normalized spacial score (nSPS) is 34.2. The molecule has 0 spiro atoms. The molecule has 5 aliphatic rings. The van der Waals surface area contributed by atoms with Crippen molar-refractivity contribution in [3.63, 3.8) is 0 Å². The Labute approximate surface area is 172 Å². The van der Waals surface area contributed by atoms with Crippen LogP contribution in [0.5, 0.6) is 0 Å². The Kier molecular flexibility index (Phi) is 3.79. The lowest BCUT2D eigenvalue weighted by Crippen LogP contribution is -2.65. The fourth-order valence-corrected chi connectivity index (χ4v) is 7.03. The van der Waals surface area contributed by atoms with Crippen LogP contribution < -0.4 is 0 Å². The van der Waals surface area contributed by atoms with Crippen molar-refractivity contribution in [1.29, 1.82) is 0 Å². The predicted molar refractivity (Wildman–Crippen MR) is 114 cm³/mol. The zero-order valence-corrected chi connectivity index (χ0v) is 17.6. The lowest BCUT2D eigenvalue weighted by molar-refractivity contribution is -0.174. The molecule has 1 aromatic carbocycles. The van der Waals surface area contributed by atoms with Crippen LogP contribution in [0.3, 0.4) is 0 Å². The quantitative estimate of drug-likeness (QED) is 0.821. The van der Waals surface area contributed by atoms with Crippen molar-refractivity contribution < 1.29 is 9.90 Å². The maximum atomic E-state index is 13.4. The Morgan fingerprint density at radius 3 is 2.55 bits per heavy atom. The molecule has 3 saturated carbocycles. The number of hydrogen-bond acceptors (Lipinski definition) is 2. The number of aromatic nitrogens is 1. The maximum Gasteiger partial charge on any atom is 0.223 e. The van der Waals surface area contributed by atoms with Gasteiger partial charge >= 0.3 is 0 Å². The number of nitrogens with zero attached hydrogens (tertiary/aromatic N) is 2. The van der Waals surface area contributed by atoms with Crippen LogP contribution in [0, 0.1) is 12.8 Å². The van der Waals surface area contributed by atoms with Gasteiger partial charge in [-0.2, -0.15) is 0 Å². The largest absolute Gasteiger partial charge is 0.390 e. The van der Waals surface area contributed by atoms with Crippen molar-refractivity contribution in [2.75, 3.05) is 0 Å². The molecule has 3 aliphatic carbocycles. The van der Waals surface area contributed by atoms with Crippen LogP contribution in [0.2, 0.25) is 0 Å². The van der Waals surface area contributed by atoms with Crippen LogP contribution in [0.15, 0.2) is 24.4 Å². The molecule has 3 heterocycles. The third-order valence-corrected chi connectivity index (χ3v) is 8.23. The highest BCUT2D eigenvalue weighted by atomic mass is 16.3. The van der Waals surface area contributed by atoms with Gasteiger partial charge in [-0.25, -0.2) is 0 Å². The highest BCUT2D eigenvalue weighted by molar-refractivity contribution is 5.89. The minimum atomic E-state index is -0.492. The van der Waals surface area contributed by atoms with Crippen molar-refractivity contribution in [2.45, 2.75) is 94.9 Å². The van der Waals surface area contributed by atoms with E-state index in [1.807, 2.05) is 0 Å². The second-order valence-corrected chi connectivity index (χ2v) is 10.6. The van der Waals surface area contributed by atoms with Gasteiger partial charge in [0.05, 0.1) is 5.60 Å². The lowest BCUT2D eigenvalue weighted by atomic mass is 9.61. The fourth-order valence-electron chi connectivity index (χ4n) is 7.03. The molecule has 2 aliphatic heterocycles. The SMILES string of the molecule is Cc1cccc2c1c(C(C)CC(=O)N1C3CC4CC1CC(O)(C4)C3)cn2C1CC1. The smallest absolute Gasteiger partial charge is 0.223 e. The van der Waals surface area contributed by atoms with Crippen LogP contribution in [-0.4, -0.2) is 38.2 Å². The standard InChI is InChI=1S/C25H32N2O2/c1-15-4-3-5-22-24(15)21(14-26(22)18-6-7-18)16(2)8-23(28)27-19-9-17-10-20(27)13-25(29,11-17)12-19/h3-5,14,16-20,29H,6-13H2,1-2H3. The predicted octanol–water partition coefficient (Wildman–Crippen LogP) is 4.68. The molecule has 1 aromatic heterocycles. The second-order valence-electron chi connectivity index (χ2n) is 10.6. The number of amides is 1. The molecule has 4 bridgehead atoms. The van der Waals surface area contributed by atoms with Crippen LogP contribution in [0.1, 0.15) is 81.4 Å². The molecule has 0 radical (unpaired) electrons. The number of rotatable bonds is 4. The van der Waals surface area contributed by atoms with Crippen LogP contribution in [-0.2, 0) is 4.79 Å². The third-order valence-electron chi connectivity index (χ3n) is 8.23. The second kappa shape index (κ2) is 6.10. The first-order valence-electron chi connectivity index (χ1n) is 11.6. The Balaban J connectivity index is 1.28. The number of aliphatic hydroxyl groups is 1. The Hall–Kier alpha value is -1.81. The van der Waals surface area contributed by atoms with E-state index in [2.05, 4.69) is 47.7 Å². The summed E-state index contributed by atoms with van der Waals surface area (Å²) in [6.45, 7) is 4.42. The Bertz CT molecular complexity index is 972. The maximum absolute atomic E-state index is 13.4. The van der Waals surface area contributed by atoms with E-state index in [0.717, 1.165) is 32.1 Å². The summed E-state index contributed by atoms with van der Waals surface area (Å²) in [6, 6.07) is 7.76. The van der Waals surface area contributed by atoms with E-state index in [-0.39, 0.29) is 18.0 Å². The number of fused-ring (bicyclic) bond motifs is 1. The molecule has 1 amide bonds. The summed E-state index contributed by atoms with van der Waals surface area (Å²) in [7, 11) is 0. The number of hydrogen-bond donors (Lipinski definition) is 1. The zero-order valence-electron chi connectivity index (χ0n) is 17.6. The highest BCUT2D eigenvalue weighted by Crippen LogP contribution is 2.51. The minimum absolute atomic E-state index is 0.214. The van der Waals surface area contributed by atoms with Crippen molar-refractivity contribution >= 4 is 16.8 Å². The molecule has 4 heteroatoms. The van der Waals surface area contributed by atoms with E-state index in [0.29, 0.717) is 24.3 Å². The van der Waals surface area contributed by atoms with Gasteiger partial charge in [-0.05, 0) is 80.9 Å². The number of benzene rings is 1. The zero-order chi connectivity index (χ0) is 19.9. The van der Waals surface area contributed by atoms with E-state index in [1.165, 1.54) is 34.9 Å². The Morgan fingerprint density at radius 1 is 1.17 bits per heavy atom. The van der Waals surface area contributed by atoms with Gasteiger partial charge in [-0.1, -0.05) is 19.1 Å². The first-order valence-corrected chi connectivity index (χ1v) is 11.6. The van der Waals surface area contributed by atoms with E-state index in [1.54, 1.807) is 0 Å². The molecular weight excluding hydrogens is 360 g/mol. The molecule has 2 aromatic rings. The van der Waals surface area contributed by atoms with Gasteiger partial charge in [-0.3, -0.25) is 4.79 Å². The molecule has 1 N–H and O–H groups in total. The number of aryl methyl sites for hydroxylation is 1. The average Bonchev–Trinajstić information content (AvgIpc) is 3.40. The molecule has 154 valence electrons. The molecule has 5 fully saturated rings. The first kappa shape index (κ1) is 18.0. The average molecular weight is 393 g/mol. The summed E-state index contributed by atoms with van der Waals surface area (Å²) in [5.41, 5.74) is 3.49. The first-order chi connectivity index (χ1) is 13.9. The van der Waals surface area contributed by atoms with E-state index in [4.69, 9.17) is 0 Å². The summed E-state index contributed by atoms with van der Waals surface area (Å²) in [5, 5.41) is 12.2. The number of carbonyl (C=O) groups is 1. The van der Waals surface area contributed by atoms with E-state index >= 15 is 0 Å². The van der Waals surface area contributed by atoms with Gasteiger partial charge in [-0.15, -0.1) is 0 Å².